The van der Waals surface area contributed by atoms with Gasteiger partial charge in [0.15, 0.2) is 5.13 Å². The number of aromatic nitrogens is 1. The number of piperidine rings is 1. The standard InChI is InChI=1S/C16H21N3O3S2/c1-12-11-14(22-2)3-4-15(12)24(20,21)18-13-5-8-19(9-6-13)16-17-7-10-23-16/h3-4,7,10-11,13,18H,5-6,8-9H2,1-2H3. The van der Waals surface area contributed by atoms with Crippen LogP contribution in [0, 0.1) is 6.92 Å². The lowest BCUT2D eigenvalue weighted by Gasteiger charge is -2.32. The molecule has 1 aromatic carbocycles. The van der Waals surface area contributed by atoms with Crippen molar-refractivity contribution in [3.8, 4) is 5.75 Å². The summed E-state index contributed by atoms with van der Waals surface area (Å²) in [6, 6.07) is 4.96. The normalized spacial score (nSPS) is 16.3. The molecular weight excluding hydrogens is 346 g/mol. The van der Waals surface area contributed by atoms with Crippen LogP contribution in [0.1, 0.15) is 18.4 Å². The fourth-order valence-corrected chi connectivity index (χ4v) is 5.12. The smallest absolute Gasteiger partial charge is 0.241 e. The van der Waals surface area contributed by atoms with Crippen molar-refractivity contribution in [3.63, 3.8) is 0 Å². The van der Waals surface area contributed by atoms with Crippen LogP contribution in [0.15, 0.2) is 34.7 Å². The molecule has 1 fully saturated rings. The van der Waals surface area contributed by atoms with E-state index in [1.165, 1.54) is 0 Å². The van der Waals surface area contributed by atoms with Crippen molar-refractivity contribution in [2.75, 3.05) is 25.1 Å². The number of thiazole rings is 1. The maximum Gasteiger partial charge on any atom is 0.241 e. The molecule has 1 aliphatic rings. The number of sulfonamides is 1. The number of benzene rings is 1. The van der Waals surface area contributed by atoms with Crippen molar-refractivity contribution < 1.29 is 13.2 Å². The highest BCUT2D eigenvalue weighted by Crippen LogP contribution is 2.24. The molecule has 1 aliphatic heterocycles. The fraction of sp³-hybridized carbons (Fsp3) is 0.438. The van der Waals surface area contributed by atoms with Crippen LogP contribution in [0.25, 0.3) is 0 Å². The number of methoxy groups -OCH3 is 1. The van der Waals surface area contributed by atoms with Crippen LogP contribution >= 0.6 is 11.3 Å². The van der Waals surface area contributed by atoms with Crippen LogP contribution in [0.3, 0.4) is 0 Å². The Morgan fingerprint density at radius 2 is 2.08 bits per heavy atom. The number of aryl methyl sites for hydroxylation is 1. The van der Waals surface area contributed by atoms with Gasteiger partial charge in [-0.25, -0.2) is 18.1 Å². The number of anilines is 1. The summed E-state index contributed by atoms with van der Waals surface area (Å²) in [7, 11) is -1.96. The molecule has 0 unspecified atom stereocenters. The molecule has 0 radical (unpaired) electrons. The molecule has 8 heteroatoms. The Labute approximate surface area is 146 Å². The number of nitrogens with zero attached hydrogens (tertiary/aromatic N) is 2. The molecule has 6 nitrogen and oxygen atoms in total. The highest BCUT2D eigenvalue weighted by Gasteiger charge is 2.26. The van der Waals surface area contributed by atoms with E-state index in [1.807, 2.05) is 5.38 Å². The molecule has 0 aliphatic carbocycles. The third kappa shape index (κ3) is 3.71. The van der Waals surface area contributed by atoms with E-state index in [0.29, 0.717) is 16.2 Å². The Balaban J connectivity index is 1.65. The summed E-state index contributed by atoms with van der Waals surface area (Å²) in [5.41, 5.74) is 0.682. The summed E-state index contributed by atoms with van der Waals surface area (Å²) in [5, 5.41) is 2.96. The minimum absolute atomic E-state index is 0.0484. The molecule has 1 saturated heterocycles. The maximum absolute atomic E-state index is 12.7. The Morgan fingerprint density at radius 3 is 2.67 bits per heavy atom. The minimum atomic E-state index is -3.52. The Kier molecular flexibility index (Phi) is 5.07. The second kappa shape index (κ2) is 7.08. The number of ether oxygens (including phenoxy) is 1. The lowest BCUT2D eigenvalue weighted by molar-refractivity contribution is 0.414. The van der Waals surface area contributed by atoms with Crippen LogP contribution in [0.4, 0.5) is 5.13 Å². The van der Waals surface area contributed by atoms with E-state index in [9.17, 15) is 8.42 Å². The van der Waals surface area contributed by atoms with Crippen molar-refractivity contribution in [1.82, 2.24) is 9.71 Å². The Morgan fingerprint density at radius 1 is 1.33 bits per heavy atom. The van der Waals surface area contributed by atoms with Crippen LogP contribution < -0.4 is 14.4 Å². The maximum atomic E-state index is 12.7. The first-order chi connectivity index (χ1) is 11.5. The average molecular weight is 367 g/mol. The number of rotatable bonds is 5. The number of hydrogen-bond donors (Lipinski definition) is 1. The van der Waals surface area contributed by atoms with Gasteiger partial charge in [0.25, 0.3) is 0 Å². The van der Waals surface area contributed by atoms with Gasteiger partial charge in [-0.2, -0.15) is 0 Å². The van der Waals surface area contributed by atoms with E-state index in [4.69, 9.17) is 4.74 Å². The lowest BCUT2D eigenvalue weighted by Crippen LogP contribution is -2.44. The molecule has 1 N–H and O–H groups in total. The second-order valence-corrected chi connectivity index (χ2v) is 8.38. The molecule has 2 aromatic rings. The fourth-order valence-electron chi connectivity index (χ4n) is 2.89. The average Bonchev–Trinajstić information content (AvgIpc) is 3.09. The monoisotopic (exact) mass is 367 g/mol. The van der Waals surface area contributed by atoms with Crippen molar-refractivity contribution >= 4 is 26.5 Å². The first kappa shape index (κ1) is 17.2. The van der Waals surface area contributed by atoms with Gasteiger partial charge in [-0.15, -0.1) is 11.3 Å². The molecule has 1 aromatic heterocycles. The van der Waals surface area contributed by atoms with E-state index < -0.39 is 10.0 Å². The molecule has 0 saturated carbocycles. The van der Waals surface area contributed by atoms with Gasteiger partial charge in [-0.1, -0.05) is 0 Å². The zero-order chi connectivity index (χ0) is 17.2. The zero-order valence-corrected chi connectivity index (χ0v) is 15.4. The van der Waals surface area contributed by atoms with Crippen molar-refractivity contribution in [1.29, 1.82) is 0 Å². The Bertz CT molecular complexity index is 783. The predicted molar refractivity (Wildman–Crippen MR) is 95.4 cm³/mol. The lowest BCUT2D eigenvalue weighted by atomic mass is 10.1. The summed E-state index contributed by atoms with van der Waals surface area (Å²) < 4.78 is 33.3. The van der Waals surface area contributed by atoms with E-state index >= 15 is 0 Å². The van der Waals surface area contributed by atoms with Crippen molar-refractivity contribution in [2.24, 2.45) is 0 Å². The van der Waals surface area contributed by atoms with Gasteiger partial charge < -0.3 is 9.64 Å². The summed E-state index contributed by atoms with van der Waals surface area (Å²) >= 11 is 1.61. The minimum Gasteiger partial charge on any atom is -0.497 e. The second-order valence-electron chi connectivity index (χ2n) is 5.83. The molecule has 3 rings (SSSR count). The quantitative estimate of drug-likeness (QED) is 0.879. The van der Waals surface area contributed by atoms with Gasteiger partial charge in [0.05, 0.1) is 12.0 Å². The molecule has 2 heterocycles. The predicted octanol–water partition coefficient (Wildman–Crippen LogP) is 2.41. The van der Waals surface area contributed by atoms with Crippen molar-refractivity contribution in [3.05, 3.63) is 35.3 Å². The zero-order valence-electron chi connectivity index (χ0n) is 13.7. The molecule has 0 bridgehead atoms. The van der Waals surface area contributed by atoms with Crippen LogP contribution in [0.5, 0.6) is 5.75 Å². The van der Waals surface area contributed by atoms with Gasteiger partial charge >= 0.3 is 0 Å². The molecule has 0 amide bonds. The van der Waals surface area contributed by atoms with Crippen LogP contribution in [-0.4, -0.2) is 39.6 Å². The third-order valence-corrected chi connectivity index (χ3v) is 6.69. The summed E-state index contributed by atoms with van der Waals surface area (Å²) in [5.74, 6) is 0.656. The van der Waals surface area contributed by atoms with Crippen LogP contribution in [0.2, 0.25) is 0 Å². The number of nitrogens with one attached hydrogen (secondary N) is 1. The topological polar surface area (TPSA) is 71.5 Å². The Hall–Kier alpha value is -1.64. The van der Waals surface area contributed by atoms with Gasteiger partial charge in [-0.05, 0) is 43.5 Å². The van der Waals surface area contributed by atoms with E-state index in [2.05, 4.69) is 14.6 Å². The van der Waals surface area contributed by atoms with Gasteiger partial charge in [0, 0.05) is 30.7 Å². The molecule has 24 heavy (non-hydrogen) atoms. The highest BCUT2D eigenvalue weighted by molar-refractivity contribution is 7.89. The summed E-state index contributed by atoms with van der Waals surface area (Å²) in [4.78, 5) is 6.82. The molecule has 130 valence electrons. The van der Waals surface area contributed by atoms with E-state index in [0.717, 1.165) is 31.1 Å². The summed E-state index contributed by atoms with van der Waals surface area (Å²) in [6.45, 7) is 3.40. The number of hydrogen-bond acceptors (Lipinski definition) is 6. The first-order valence-electron chi connectivity index (χ1n) is 7.81. The largest absolute Gasteiger partial charge is 0.497 e. The molecule has 0 spiro atoms. The molecule has 0 atom stereocenters. The molecular formula is C16H21N3O3S2. The van der Waals surface area contributed by atoms with Gasteiger partial charge in [0.2, 0.25) is 10.0 Å². The van der Waals surface area contributed by atoms with E-state index in [1.54, 1.807) is 49.8 Å². The third-order valence-electron chi connectivity index (χ3n) is 4.18. The van der Waals surface area contributed by atoms with Crippen LogP contribution in [-0.2, 0) is 10.0 Å². The first-order valence-corrected chi connectivity index (χ1v) is 10.2. The van der Waals surface area contributed by atoms with Crippen molar-refractivity contribution in [2.45, 2.75) is 30.7 Å². The van der Waals surface area contributed by atoms with Gasteiger partial charge in [-0.3, -0.25) is 0 Å². The summed E-state index contributed by atoms with van der Waals surface area (Å²) in [6.07, 6.45) is 3.34. The SMILES string of the molecule is COc1ccc(S(=O)(=O)NC2CCN(c3nccs3)CC2)c(C)c1. The van der Waals surface area contributed by atoms with E-state index in [-0.39, 0.29) is 6.04 Å². The highest BCUT2D eigenvalue weighted by atomic mass is 32.2. The van der Waals surface area contributed by atoms with Gasteiger partial charge in [0.1, 0.15) is 5.75 Å².